The monoisotopic (exact) mass is 781 g/mol. The second-order valence-electron chi connectivity index (χ2n) is 15.1. The zero-order valence-corrected chi connectivity index (χ0v) is 34.6. The van der Waals surface area contributed by atoms with Gasteiger partial charge in [-0.3, -0.25) is 28.8 Å². The highest BCUT2D eigenvalue weighted by atomic mass is 32.2. The molecular formula is C38H63N5O10S. The van der Waals surface area contributed by atoms with Gasteiger partial charge in [0, 0.05) is 34.9 Å². The highest BCUT2D eigenvalue weighted by molar-refractivity contribution is 7.89. The lowest BCUT2D eigenvalue weighted by Crippen LogP contribution is -2.60. The van der Waals surface area contributed by atoms with E-state index in [2.05, 4.69) is 10.0 Å². The van der Waals surface area contributed by atoms with E-state index in [1.807, 2.05) is 13.8 Å². The van der Waals surface area contributed by atoms with Crippen LogP contribution in [0.25, 0.3) is 0 Å². The second kappa shape index (κ2) is 20.8. The molecule has 15 nitrogen and oxygen atoms in total. The summed E-state index contributed by atoms with van der Waals surface area (Å²) in [6, 6.07) is 5.41. The fraction of sp³-hybridized carbons (Fsp3) is 0.711. The van der Waals surface area contributed by atoms with Crippen molar-refractivity contribution < 1.29 is 47.0 Å². The highest BCUT2D eigenvalue weighted by Gasteiger charge is 2.43. The fourth-order valence-electron chi connectivity index (χ4n) is 7.40. The molecule has 0 spiro atoms. The highest BCUT2D eigenvalue weighted by Crippen LogP contribution is 2.30. The number of nitrogens with zero attached hydrogens (tertiary/aromatic N) is 3. The van der Waals surface area contributed by atoms with Crippen molar-refractivity contribution in [2.75, 3.05) is 34.9 Å². The van der Waals surface area contributed by atoms with Crippen molar-refractivity contribution in [2.45, 2.75) is 116 Å². The molecule has 2 rings (SSSR count). The lowest BCUT2D eigenvalue weighted by atomic mass is 9.89. The van der Waals surface area contributed by atoms with E-state index in [-0.39, 0.29) is 35.8 Å². The molecule has 3 N–H and O–H groups in total. The number of hydrogen-bond donors (Lipinski definition) is 3. The molecule has 1 aliphatic heterocycles. The molecule has 0 aromatic heterocycles. The normalized spacial score (nSPS) is 18.6. The zero-order chi connectivity index (χ0) is 41.1. The number of methoxy groups -OCH3 is 2. The van der Waals surface area contributed by atoms with Crippen molar-refractivity contribution in [1.29, 1.82) is 0 Å². The molecule has 1 aromatic rings. The molecule has 1 aliphatic rings. The van der Waals surface area contributed by atoms with Crippen LogP contribution in [0.2, 0.25) is 0 Å². The van der Waals surface area contributed by atoms with Crippen LogP contribution in [-0.4, -0.2) is 129 Å². The molecule has 0 radical (unpaired) electrons. The maximum Gasteiger partial charge on any atom is 0.407 e. The summed E-state index contributed by atoms with van der Waals surface area (Å²) < 4.78 is 39.6. The Balaban J connectivity index is 2.29. The summed E-state index contributed by atoms with van der Waals surface area (Å²) in [5, 5.41) is 12.4. The minimum Gasteiger partial charge on any atom is -0.465 e. The average Bonchev–Trinajstić information content (AvgIpc) is 3.59. The van der Waals surface area contributed by atoms with Gasteiger partial charge in [-0.2, -0.15) is 0 Å². The minimum atomic E-state index is -4.00. The summed E-state index contributed by atoms with van der Waals surface area (Å²) in [5.41, 5.74) is 0.532. The number of hydrogen-bond acceptors (Lipinski definition) is 9. The smallest absolute Gasteiger partial charge is 0.407 e. The zero-order valence-electron chi connectivity index (χ0n) is 33.8. The van der Waals surface area contributed by atoms with Crippen molar-refractivity contribution in [3.63, 3.8) is 0 Å². The molecule has 54 heavy (non-hydrogen) atoms. The van der Waals surface area contributed by atoms with Gasteiger partial charge in [0.25, 0.3) is 0 Å². The SMILES string of the molecule is CC[C@H](C)[C@@H]([C@@H](CC(=O)N1CCC[C@H]1[C@H](OC)[C@@H](C)C(=O)NS(=O)(=O)Cc1ccccc1)OC)N(C)C(=O)[C@@H](NC(=O)[C@H](C(C)C)N(C)C(=O)O)C(C)C. The summed E-state index contributed by atoms with van der Waals surface area (Å²) in [6.45, 7) is 12.9. The van der Waals surface area contributed by atoms with E-state index in [9.17, 15) is 37.5 Å². The van der Waals surface area contributed by atoms with Crippen LogP contribution in [-0.2, 0) is 44.4 Å². The number of likely N-dealkylation sites (tertiary alicyclic amines) is 1. The van der Waals surface area contributed by atoms with Gasteiger partial charge < -0.3 is 29.7 Å². The largest absolute Gasteiger partial charge is 0.465 e. The molecule has 1 fully saturated rings. The lowest BCUT2D eigenvalue weighted by Gasteiger charge is -2.41. The number of amides is 5. The topological polar surface area (TPSA) is 192 Å². The molecule has 0 saturated carbocycles. The van der Waals surface area contributed by atoms with E-state index in [4.69, 9.17) is 9.47 Å². The molecule has 306 valence electrons. The second-order valence-corrected chi connectivity index (χ2v) is 16.8. The Morgan fingerprint density at radius 3 is 2.04 bits per heavy atom. The van der Waals surface area contributed by atoms with E-state index in [1.165, 1.54) is 26.2 Å². The van der Waals surface area contributed by atoms with Crippen molar-refractivity contribution in [3.8, 4) is 0 Å². The Kier molecular flexibility index (Phi) is 17.9. The van der Waals surface area contributed by atoms with Gasteiger partial charge in [-0.05, 0) is 36.2 Å². The summed E-state index contributed by atoms with van der Waals surface area (Å²) in [5.74, 6) is -4.11. The van der Waals surface area contributed by atoms with Crippen LogP contribution in [0, 0.1) is 23.7 Å². The first-order valence-corrected chi connectivity index (χ1v) is 20.3. The number of sulfonamides is 1. The van der Waals surface area contributed by atoms with Crippen molar-refractivity contribution >= 4 is 39.7 Å². The van der Waals surface area contributed by atoms with Gasteiger partial charge in [-0.25, -0.2) is 13.2 Å². The maximum atomic E-state index is 14.2. The van der Waals surface area contributed by atoms with Crippen molar-refractivity contribution in [1.82, 2.24) is 24.7 Å². The third kappa shape index (κ3) is 12.1. The van der Waals surface area contributed by atoms with Gasteiger partial charge >= 0.3 is 6.09 Å². The molecular weight excluding hydrogens is 719 g/mol. The number of nitrogens with one attached hydrogen (secondary N) is 2. The Morgan fingerprint density at radius 2 is 1.54 bits per heavy atom. The Labute approximate surface area is 321 Å². The standard InChI is InChI=1S/C38H63N5O10S/c1-12-25(6)33(41(8)37(47)31(23(2)3)39-36(46)32(24(4)5)42(9)38(48)49)29(52-10)21-30(44)43-20-16-19-28(43)34(53-11)26(7)35(45)40-54(50,51)22-27-17-14-13-15-18-27/h13-15,17-18,23-26,28-29,31-34H,12,16,19-22H2,1-11H3,(H,39,46)(H,40,45)(H,48,49)/t25-,26+,28-,29+,31-,32-,33-,34+/m0/s1. The first-order valence-electron chi connectivity index (χ1n) is 18.7. The first kappa shape index (κ1) is 46.4. The van der Waals surface area contributed by atoms with Gasteiger partial charge in [-0.1, -0.05) is 85.2 Å². The lowest BCUT2D eigenvalue weighted by molar-refractivity contribution is -0.148. The minimum absolute atomic E-state index is 0.0976. The van der Waals surface area contributed by atoms with E-state index in [0.29, 0.717) is 31.4 Å². The molecule has 1 heterocycles. The quantitative estimate of drug-likeness (QED) is 0.177. The maximum absolute atomic E-state index is 14.2. The Hall–Kier alpha value is -3.76. The van der Waals surface area contributed by atoms with Crippen LogP contribution in [0.4, 0.5) is 4.79 Å². The number of benzene rings is 1. The van der Waals surface area contributed by atoms with Gasteiger partial charge in [-0.15, -0.1) is 0 Å². The number of carbonyl (C=O) groups is 5. The molecule has 0 unspecified atom stereocenters. The number of rotatable bonds is 20. The predicted molar refractivity (Wildman–Crippen MR) is 205 cm³/mol. The van der Waals surface area contributed by atoms with Crippen LogP contribution >= 0.6 is 0 Å². The van der Waals surface area contributed by atoms with E-state index >= 15 is 0 Å². The summed E-state index contributed by atoms with van der Waals surface area (Å²) in [7, 11) is 1.84. The van der Waals surface area contributed by atoms with E-state index < -0.39 is 76.1 Å². The molecule has 0 bridgehead atoms. The first-order chi connectivity index (χ1) is 25.2. The molecule has 0 aliphatic carbocycles. The third-order valence-electron chi connectivity index (χ3n) is 10.6. The summed E-state index contributed by atoms with van der Waals surface area (Å²) in [4.78, 5) is 70.8. The Morgan fingerprint density at radius 1 is 0.926 bits per heavy atom. The van der Waals surface area contributed by atoms with Crippen LogP contribution < -0.4 is 10.0 Å². The van der Waals surface area contributed by atoms with Crippen molar-refractivity contribution in [2.24, 2.45) is 23.7 Å². The molecule has 5 amide bonds. The van der Waals surface area contributed by atoms with Gasteiger partial charge in [0.1, 0.15) is 12.1 Å². The number of carboxylic acid groups (broad SMARTS) is 1. The predicted octanol–water partition coefficient (Wildman–Crippen LogP) is 3.33. The average molecular weight is 782 g/mol. The van der Waals surface area contributed by atoms with Crippen LogP contribution in [0.5, 0.6) is 0 Å². The number of ether oxygens (including phenoxy) is 2. The van der Waals surface area contributed by atoms with Gasteiger partial charge in [0.05, 0.1) is 42.4 Å². The van der Waals surface area contributed by atoms with Crippen molar-refractivity contribution in [3.05, 3.63) is 35.9 Å². The van der Waals surface area contributed by atoms with E-state index in [0.717, 1.165) is 4.90 Å². The molecule has 16 heteroatoms. The molecule has 1 aromatic carbocycles. The van der Waals surface area contributed by atoms with Gasteiger partial charge in [0.15, 0.2) is 0 Å². The van der Waals surface area contributed by atoms with Gasteiger partial charge in [0.2, 0.25) is 33.7 Å². The summed E-state index contributed by atoms with van der Waals surface area (Å²) >= 11 is 0. The van der Waals surface area contributed by atoms with E-state index in [1.54, 1.807) is 76.9 Å². The third-order valence-corrected chi connectivity index (χ3v) is 11.8. The molecule has 8 atom stereocenters. The van der Waals surface area contributed by atoms with Crippen LogP contribution in [0.1, 0.15) is 79.7 Å². The molecule has 1 saturated heterocycles. The number of carbonyl (C=O) groups excluding carboxylic acids is 4. The Bertz CT molecular complexity index is 1530. The fourth-order valence-corrected chi connectivity index (χ4v) is 8.59. The van der Waals surface area contributed by atoms with Crippen LogP contribution in [0.3, 0.4) is 0 Å². The number of likely N-dealkylation sites (N-methyl/N-ethyl adjacent to an activating group) is 2. The summed E-state index contributed by atoms with van der Waals surface area (Å²) in [6.07, 6.45) is -1.09. The van der Waals surface area contributed by atoms with Crippen LogP contribution in [0.15, 0.2) is 30.3 Å².